The Balaban J connectivity index is 2.16. The summed E-state index contributed by atoms with van der Waals surface area (Å²) in [5.41, 5.74) is 3.62. The molecule has 0 bridgehead atoms. The van der Waals surface area contributed by atoms with E-state index in [4.69, 9.17) is 5.84 Å². The minimum absolute atomic E-state index is 0.145. The number of rotatable bonds is 5. The number of hydrogen-bond donors (Lipinski definition) is 4. The van der Waals surface area contributed by atoms with Crippen LogP contribution in [0.25, 0.3) is 0 Å². The Labute approximate surface area is 111 Å². The lowest BCUT2D eigenvalue weighted by molar-refractivity contribution is 0.0934. The fourth-order valence-electron chi connectivity index (χ4n) is 1.87. The van der Waals surface area contributed by atoms with Crippen molar-refractivity contribution in [3.05, 3.63) is 48.0 Å². The molecule has 5 N–H and O–H groups in total. The van der Waals surface area contributed by atoms with Crippen molar-refractivity contribution in [1.29, 1.82) is 0 Å². The fourth-order valence-corrected chi connectivity index (χ4v) is 1.87. The highest BCUT2D eigenvalue weighted by Gasteiger charge is 2.17. The fraction of sp³-hybridized carbons (Fsp3) is 0.231. The standard InChI is InChI=1S/C13H17N5O/c1-2-10(12-15-7-8-16-12)17-13(19)9-5-3-4-6-11(9)18-14/h3-8,10,18H,2,14H2,1H3,(H,15,16)(H,17,19). The Morgan fingerprint density at radius 2 is 2.26 bits per heavy atom. The molecule has 1 amide bonds. The second-order valence-corrected chi connectivity index (χ2v) is 4.10. The Morgan fingerprint density at radius 3 is 2.89 bits per heavy atom. The van der Waals surface area contributed by atoms with Crippen molar-refractivity contribution >= 4 is 11.6 Å². The van der Waals surface area contributed by atoms with Gasteiger partial charge in [0, 0.05) is 12.4 Å². The summed E-state index contributed by atoms with van der Waals surface area (Å²) in [6.45, 7) is 1.99. The van der Waals surface area contributed by atoms with Crippen molar-refractivity contribution in [2.45, 2.75) is 19.4 Å². The molecule has 0 aliphatic carbocycles. The van der Waals surface area contributed by atoms with Crippen molar-refractivity contribution in [3.8, 4) is 0 Å². The number of nitrogens with two attached hydrogens (primary N) is 1. The van der Waals surface area contributed by atoms with Gasteiger partial charge in [0.25, 0.3) is 5.91 Å². The summed E-state index contributed by atoms with van der Waals surface area (Å²) >= 11 is 0. The highest BCUT2D eigenvalue weighted by Crippen LogP contribution is 2.17. The Bertz CT molecular complexity index is 538. The van der Waals surface area contributed by atoms with Crippen LogP contribution in [0.5, 0.6) is 0 Å². The van der Waals surface area contributed by atoms with Gasteiger partial charge in [-0.15, -0.1) is 0 Å². The van der Waals surface area contributed by atoms with Crippen LogP contribution in [0.15, 0.2) is 36.7 Å². The molecule has 2 aromatic rings. The zero-order valence-corrected chi connectivity index (χ0v) is 10.7. The molecular formula is C13H17N5O. The molecule has 19 heavy (non-hydrogen) atoms. The molecule has 1 aromatic carbocycles. The van der Waals surface area contributed by atoms with E-state index in [0.717, 1.165) is 12.2 Å². The van der Waals surface area contributed by atoms with E-state index in [1.54, 1.807) is 30.6 Å². The molecule has 1 atom stereocenters. The SMILES string of the molecule is CCC(NC(=O)c1ccccc1NN)c1ncc[nH]1. The Morgan fingerprint density at radius 1 is 1.47 bits per heavy atom. The van der Waals surface area contributed by atoms with E-state index in [1.807, 2.05) is 13.0 Å². The third kappa shape index (κ3) is 2.92. The van der Waals surface area contributed by atoms with Gasteiger partial charge in [0.15, 0.2) is 0 Å². The summed E-state index contributed by atoms with van der Waals surface area (Å²) in [4.78, 5) is 19.4. The van der Waals surface area contributed by atoms with Crippen LogP contribution in [0.4, 0.5) is 5.69 Å². The molecule has 0 aliphatic rings. The second kappa shape index (κ2) is 6.01. The van der Waals surface area contributed by atoms with Gasteiger partial charge in [-0.05, 0) is 18.6 Å². The summed E-state index contributed by atoms with van der Waals surface area (Å²) < 4.78 is 0. The quantitative estimate of drug-likeness (QED) is 0.484. The van der Waals surface area contributed by atoms with E-state index in [0.29, 0.717) is 11.3 Å². The van der Waals surface area contributed by atoms with Crippen molar-refractivity contribution in [3.63, 3.8) is 0 Å². The predicted molar refractivity (Wildman–Crippen MR) is 73.3 cm³/mol. The zero-order chi connectivity index (χ0) is 13.7. The molecule has 0 saturated carbocycles. The first-order valence-electron chi connectivity index (χ1n) is 6.12. The number of nitrogens with zero attached hydrogens (tertiary/aromatic N) is 1. The first-order chi connectivity index (χ1) is 9.26. The maximum absolute atomic E-state index is 12.2. The first kappa shape index (κ1) is 13.1. The van der Waals surface area contributed by atoms with Crippen LogP contribution < -0.4 is 16.6 Å². The number of carbonyl (C=O) groups is 1. The molecule has 100 valence electrons. The summed E-state index contributed by atoms with van der Waals surface area (Å²) in [5, 5.41) is 2.93. The number of nitrogens with one attached hydrogen (secondary N) is 3. The third-order valence-corrected chi connectivity index (χ3v) is 2.89. The molecule has 0 aliphatic heterocycles. The van der Waals surface area contributed by atoms with Crippen LogP contribution >= 0.6 is 0 Å². The third-order valence-electron chi connectivity index (χ3n) is 2.89. The number of imidazole rings is 1. The van der Waals surface area contributed by atoms with Crippen molar-refractivity contribution in [2.75, 3.05) is 5.43 Å². The summed E-state index contributed by atoms with van der Waals surface area (Å²) in [6, 6.07) is 6.94. The lowest BCUT2D eigenvalue weighted by Gasteiger charge is -2.16. The molecule has 6 nitrogen and oxygen atoms in total. The number of nitrogen functional groups attached to an aromatic ring is 1. The summed E-state index contributed by atoms with van der Waals surface area (Å²) in [6.07, 6.45) is 4.15. The number of anilines is 1. The van der Waals surface area contributed by atoms with Crippen molar-refractivity contribution < 1.29 is 4.79 Å². The van der Waals surface area contributed by atoms with E-state index >= 15 is 0 Å². The van der Waals surface area contributed by atoms with Crippen LogP contribution in [0.2, 0.25) is 0 Å². The van der Waals surface area contributed by atoms with E-state index in [9.17, 15) is 4.79 Å². The normalized spacial score (nSPS) is 11.9. The number of aromatic nitrogens is 2. The number of hydrogen-bond acceptors (Lipinski definition) is 4. The van der Waals surface area contributed by atoms with Gasteiger partial charge < -0.3 is 15.7 Å². The number of amides is 1. The predicted octanol–water partition coefficient (Wildman–Crippen LogP) is 1.58. The molecule has 0 fully saturated rings. The van der Waals surface area contributed by atoms with E-state index in [-0.39, 0.29) is 11.9 Å². The lowest BCUT2D eigenvalue weighted by Crippen LogP contribution is -2.29. The Kier molecular flexibility index (Phi) is 4.15. The van der Waals surface area contributed by atoms with Gasteiger partial charge in [-0.1, -0.05) is 19.1 Å². The van der Waals surface area contributed by atoms with Gasteiger partial charge >= 0.3 is 0 Å². The highest BCUT2D eigenvalue weighted by molar-refractivity contribution is 5.99. The van der Waals surface area contributed by atoms with Crippen LogP contribution in [-0.2, 0) is 0 Å². The molecule has 0 radical (unpaired) electrons. The van der Waals surface area contributed by atoms with Gasteiger partial charge in [0.1, 0.15) is 5.82 Å². The molecule has 1 aromatic heterocycles. The minimum Gasteiger partial charge on any atom is -0.347 e. The minimum atomic E-state index is -0.184. The van der Waals surface area contributed by atoms with Crippen LogP contribution in [0, 0.1) is 0 Å². The van der Waals surface area contributed by atoms with Gasteiger partial charge in [-0.2, -0.15) is 0 Å². The number of H-pyrrole nitrogens is 1. The molecule has 0 saturated heterocycles. The number of hydrazine groups is 1. The summed E-state index contributed by atoms with van der Waals surface area (Å²) in [5.74, 6) is 5.96. The van der Waals surface area contributed by atoms with Gasteiger partial charge in [-0.3, -0.25) is 10.6 Å². The molecule has 1 heterocycles. The number of aromatic amines is 1. The van der Waals surface area contributed by atoms with Crippen LogP contribution in [0.1, 0.15) is 35.6 Å². The second-order valence-electron chi connectivity index (χ2n) is 4.10. The van der Waals surface area contributed by atoms with E-state index in [2.05, 4.69) is 20.7 Å². The van der Waals surface area contributed by atoms with Gasteiger partial charge in [-0.25, -0.2) is 4.98 Å². The van der Waals surface area contributed by atoms with Crippen molar-refractivity contribution in [1.82, 2.24) is 15.3 Å². The average Bonchev–Trinajstić information content (AvgIpc) is 2.98. The number of para-hydroxylation sites is 1. The molecule has 1 unspecified atom stereocenters. The maximum Gasteiger partial charge on any atom is 0.254 e. The maximum atomic E-state index is 12.2. The smallest absolute Gasteiger partial charge is 0.254 e. The molecule has 6 heteroatoms. The van der Waals surface area contributed by atoms with E-state index < -0.39 is 0 Å². The topological polar surface area (TPSA) is 95.8 Å². The van der Waals surface area contributed by atoms with Gasteiger partial charge in [0.05, 0.1) is 17.3 Å². The molecular weight excluding hydrogens is 242 g/mol. The zero-order valence-electron chi connectivity index (χ0n) is 10.7. The molecule has 2 rings (SSSR count). The molecule has 0 spiro atoms. The van der Waals surface area contributed by atoms with Crippen LogP contribution in [0.3, 0.4) is 0 Å². The first-order valence-corrected chi connectivity index (χ1v) is 6.12. The number of carbonyl (C=O) groups excluding carboxylic acids is 1. The largest absolute Gasteiger partial charge is 0.347 e. The van der Waals surface area contributed by atoms with Gasteiger partial charge in [0.2, 0.25) is 0 Å². The average molecular weight is 259 g/mol. The number of benzene rings is 1. The van der Waals surface area contributed by atoms with Crippen LogP contribution in [-0.4, -0.2) is 15.9 Å². The van der Waals surface area contributed by atoms with Crippen molar-refractivity contribution in [2.24, 2.45) is 5.84 Å². The Hall–Kier alpha value is -2.34. The highest BCUT2D eigenvalue weighted by atomic mass is 16.1. The summed E-state index contributed by atoms with van der Waals surface area (Å²) in [7, 11) is 0. The lowest BCUT2D eigenvalue weighted by atomic mass is 10.1. The monoisotopic (exact) mass is 259 g/mol. The van der Waals surface area contributed by atoms with E-state index in [1.165, 1.54) is 0 Å².